The number of nitrogens with zero attached hydrogens (tertiary/aromatic N) is 3. The van der Waals surface area contributed by atoms with Gasteiger partial charge in [-0.1, -0.05) is 12.5 Å². The molecule has 2 aromatic carbocycles. The zero-order chi connectivity index (χ0) is 23.0. The van der Waals surface area contributed by atoms with E-state index >= 15 is 0 Å². The van der Waals surface area contributed by atoms with E-state index in [-0.39, 0.29) is 29.0 Å². The van der Waals surface area contributed by atoms with Crippen molar-refractivity contribution in [1.82, 2.24) is 9.97 Å². The molecule has 7 nitrogen and oxygen atoms in total. The molecule has 2 N–H and O–H groups in total. The molecule has 1 aromatic heterocycles. The Balaban J connectivity index is 1.40. The summed E-state index contributed by atoms with van der Waals surface area (Å²) in [4.78, 5) is 22.5. The number of methoxy groups -OCH3 is 1. The van der Waals surface area contributed by atoms with Crippen molar-refractivity contribution in [2.75, 3.05) is 35.1 Å². The number of alkyl halides is 1. The highest BCUT2D eigenvalue weighted by Gasteiger charge is 2.48. The number of fused-ring (bicyclic) bond motifs is 2. The standard InChI is InChI=1S/C24H23ClFN5O2/c1-33-17-6-3-15(4-7-17)29-23-27-13-19(26)22(30-23)28-16-5-8-18-20(11-16)31(21(32)12-25)14-24(18)9-2-10-24/h3-8,11,13H,2,9-10,12,14H2,1H3,(H2,27,28,29,30). The Morgan fingerprint density at radius 2 is 1.94 bits per heavy atom. The molecule has 1 amide bonds. The summed E-state index contributed by atoms with van der Waals surface area (Å²) in [6.07, 6.45) is 4.37. The van der Waals surface area contributed by atoms with E-state index in [4.69, 9.17) is 16.3 Å². The molecule has 2 aliphatic rings. The quantitative estimate of drug-likeness (QED) is 0.490. The maximum absolute atomic E-state index is 14.5. The Bertz CT molecular complexity index is 1200. The van der Waals surface area contributed by atoms with Crippen LogP contribution in [0.2, 0.25) is 0 Å². The first-order valence-corrected chi connectivity index (χ1v) is 11.3. The van der Waals surface area contributed by atoms with Crippen molar-refractivity contribution in [3.8, 4) is 5.75 Å². The summed E-state index contributed by atoms with van der Waals surface area (Å²) in [6, 6.07) is 13.0. The molecule has 0 unspecified atom stereocenters. The number of halogens is 2. The summed E-state index contributed by atoms with van der Waals surface area (Å²) in [5.41, 5.74) is 3.38. The summed E-state index contributed by atoms with van der Waals surface area (Å²) in [5, 5.41) is 6.08. The molecular weight excluding hydrogens is 445 g/mol. The normalized spacial score (nSPS) is 15.7. The van der Waals surface area contributed by atoms with Crippen molar-refractivity contribution in [3.05, 3.63) is 60.0 Å². The SMILES string of the molecule is COc1ccc(Nc2ncc(F)c(Nc3ccc4c(c3)N(C(=O)CCl)CC43CCC3)n2)cc1. The number of aromatic nitrogens is 2. The molecule has 33 heavy (non-hydrogen) atoms. The predicted octanol–water partition coefficient (Wildman–Crippen LogP) is 5.12. The third-order valence-corrected chi connectivity index (χ3v) is 6.63. The van der Waals surface area contributed by atoms with Gasteiger partial charge in [0.1, 0.15) is 11.6 Å². The molecule has 0 radical (unpaired) electrons. The molecule has 9 heteroatoms. The average molecular weight is 468 g/mol. The number of hydrogen-bond donors (Lipinski definition) is 2. The van der Waals surface area contributed by atoms with Crippen LogP contribution in [0.1, 0.15) is 24.8 Å². The first kappa shape index (κ1) is 21.5. The molecule has 0 atom stereocenters. The number of ether oxygens (including phenoxy) is 1. The smallest absolute Gasteiger partial charge is 0.241 e. The Labute approximate surface area is 195 Å². The fourth-order valence-corrected chi connectivity index (χ4v) is 4.68. The minimum atomic E-state index is -0.583. The molecule has 1 aliphatic heterocycles. The van der Waals surface area contributed by atoms with Gasteiger partial charge in [-0.3, -0.25) is 4.79 Å². The minimum absolute atomic E-state index is 0.0191. The fourth-order valence-electron chi connectivity index (χ4n) is 4.54. The van der Waals surface area contributed by atoms with E-state index < -0.39 is 5.82 Å². The number of carbonyl (C=O) groups is 1. The molecule has 0 saturated heterocycles. The minimum Gasteiger partial charge on any atom is -0.497 e. The Morgan fingerprint density at radius 3 is 2.61 bits per heavy atom. The van der Waals surface area contributed by atoms with Crippen LogP contribution in [0.5, 0.6) is 5.75 Å². The Hall–Kier alpha value is -3.39. The number of rotatable bonds is 6. The van der Waals surface area contributed by atoms with Crippen LogP contribution in [0.3, 0.4) is 0 Å². The summed E-state index contributed by atoms with van der Waals surface area (Å²) >= 11 is 5.86. The van der Waals surface area contributed by atoms with E-state index in [1.54, 1.807) is 24.1 Å². The summed E-state index contributed by atoms with van der Waals surface area (Å²) in [6.45, 7) is 0.648. The lowest BCUT2D eigenvalue weighted by Crippen LogP contribution is -2.41. The van der Waals surface area contributed by atoms with Crippen LogP contribution in [0.25, 0.3) is 0 Å². The number of anilines is 5. The molecule has 3 aromatic rings. The van der Waals surface area contributed by atoms with Crippen molar-refractivity contribution in [3.63, 3.8) is 0 Å². The first-order chi connectivity index (χ1) is 16.0. The van der Waals surface area contributed by atoms with Gasteiger partial charge in [-0.25, -0.2) is 9.37 Å². The lowest BCUT2D eigenvalue weighted by atomic mass is 9.66. The molecule has 2 heterocycles. The highest BCUT2D eigenvalue weighted by Crippen LogP contribution is 2.53. The van der Waals surface area contributed by atoms with Crippen molar-refractivity contribution in [1.29, 1.82) is 0 Å². The van der Waals surface area contributed by atoms with E-state index in [9.17, 15) is 9.18 Å². The first-order valence-electron chi connectivity index (χ1n) is 10.7. The van der Waals surface area contributed by atoms with Gasteiger partial charge in [0.05, 0.1) is 13.3 Å². The summed E-state index contributed by atoms with van der Waals surface area (Å²) in [7, 11) is 1.60. The fraction of sp³-hybridized carbons (Fsp3) is 0.292. The number of nitrogens with one attached hydrogen (secondary N) is 2. The summed E-state index contributed by atoms with van der Waals surface area (Å²) < 4.78 is 19.7. The molecule has 1 spiro atoms. The molecule has 1 aliphatic carbocycles. The Kier molecular flexibility index (Phi) is 5.54. The lowest BCUT2D eigenvalue weighted by Gasteiger charge is -2.38. The molecular formula is C24H23ClFN5O2. The predicted molar refractivity (Wildman–Crippen MR) is 127 cm³/mol. The second-order valence-corrected chi connectivity index (χ2v) is 8.62. The Morgan fingerprint density at radius 1 is 1.18 bits per heavy atom. The average Bonchev–Trinajstić information content (AvgIpc) is 3.17. The third-order valence-electron chi connectivity index (χ3n) is 6.40. The zero-order valence-corrected chi connectivity index (χ0v) is 18.8. The van der Waals surface area contributed by atoms with Crippen LogP contribution in [-0.2, 0) is 10.2 Å². The van der Waals surface area contributed by atoms with Gasteiger partial charge >= 0.3 is 0 Å². The van der Waals surface area contributed by atoms with Crippen LogP contribution >= 0.6 is 11.6 Å². The molecule has 1 saturated carbocycles. The monoisotopic (exact) mass is 467 g/mol. The van der Waals surface area contributed by atoms with Gasteiger partial charge in [-0.15, -0.1) is 11.6 Å². The van der Waals surface area contributed by atoms with Gasteiger partial charge in [-0.05, 0) is 54.8 Å². The number of amides is 1. The maximum atomic E-state index is 14.5. The van der Waals surface area contributed by atoms with Crippen LogP contribution in [0, 0.1) is 5.82 Å². The number of carbonyl (C=O) groups excluding carboxylic acids is 1. The van der Waals surface area contributed by atoms with Crippen LogP contribution in [0.4, 0.5) is 33.2 Å². The van der Waals surface area contributed by atoms with Crippen molar-refractivity contribution >= 4 is 46.3 Å². The van der Waals surface area contributed by atoms with E-state index in [0.29, 0.717) is 12.2 Å². The van der Waals surface area contributed by atoms with Gasteiger partial charge in [0.25, 0.3) is 0 Å². The van der Waals surface area contributed by atoms with Crippen LogP contribution in [0.15, 0.2) is 48.7 Å². The highest BCUT2D eigenvalue weighted by molar-refractivity contribution is 6.29. The van der Waals surface area contributed by atoms with Crippen LogP contribution in [-0.4, -0.2) is 35.4 Å². The highest BCUT2D eigenvalue weighted by atomic mass is 35.5. The largest absolute Gasteiger partial charge is 0.497 e. The topological polar surface area (TPSA) is 79.4 Å². The van der Waals surface area contributed by atoms with Crippen molar-refractivity contribution in [2.45, 2.75) is 24.7 Å². The molecule has 0 bridgehead atoms. The van der Waals surface area contributed by atoms with Gasteiger partial charge < -0.3 is 20.3 Å². The van der Waals surface area contributed by atoms with Gasteiger partial charge in [-0.2, -0.15) is 4.98 Å². The third kappa shape index (κ3) is 3.95. The summed E-state index contributed by atoms with van der Waals surface area (Å²) in [5.74, 6) is 0.224. The van der Waals surface area contributed by atoms with E-state index in [1.165, 1.54) is 0 Å². The number of hydrogen-bond acceptors (Lipinski definition) is 6. The second-order valence-electron chi connectivity index (χ2n) is 8.35. The van der Waals surface area contributed by atoms with E-state index in [0.717, 1.165) is 48.1 Å². The zero-order valence-electron chi connectivity index (χ0n) is 18.1. The second kappa shape index (κ2) is 8.51. The van der Waals surface area contributed by atoms with Gasteiger partial charge in [0.2, 0.25) is 11.9 Å². The van der Waals surface area contributed by atoms with Crippen LogP contribution < -0.4 is 20.3 Å². The molecule has 1 fully saturated rings. The van der Waals surface area contributed by atoms with E-state index in [1.807, 2.05) is 30.3 Å². The number of benzene rings is 2. The maximum Gasteiger partial charge on any atom is 0.241 e. The molecule has 5 rings (SSSR count). The molecule has 170 valence electrons. The van der Waals surface area contributed by atoms with Gasteiger partial charge in [0, 0.05) is 29.0 Å². The van der Waals surface area contributed by atoms with Crippen molar-refractivity contribution < 1.29 is 13.9 Å². The van der Waals surface area contributed by atoms with Crippen molar-refractivity contribution in [2.24, 2.45) is 0 Å². The van der Waals surface area contributed by atoms with Gasteiger partial charge in [0.15, 0.2) is 11.6 Å². The lowest BCUT2D eigenvalue weighted by molar-refractivity contribution is -0.116. The van der Waals surface area contributed by atoms with E-state index in [2.05, 4.69) is 20.6 Å².